The summed E-state index contributed by atoms with van der Waals surface area (Å²) >= 11 is 0. The molecule has 0 radical (unpaired) electrons. The molecular formula is C21H24N2O6S. The van der Waals surface area contributed by atoms with Gasteiger partial charge in [0.2, 0.25) is 0 Å². The van der Waals surface area contributed by atoms with Gasteiger partial charge in [0.05, 0.1) is 30.8 Å². The van der Waals surface area contributed by atoms with E-state index in [4.69, 9.17) is 9.84 Å². The number of sulfone groups is 1. The van der Waals surface area contributed by atoms with E-state index in [2.05, 4.69) is 29.0 Å². The standard InChI is InChI=1S/C21H24N2O6S/c1-23(2)21(14-30(27,28)15-21)18(20(26)29-3)22-19(25)17-11-9-16(10-12-17)8-6-4-5-7-13-24/h9-12,18,24H,7,13-15H2,1-3H3,(H,22,25). The summed E-state index contributed by atoms with van der Waals surface area (Å²) in [5.74, 6) is 9.02. The topological polar surface area (TPSA) is 113 Å². The van der Waals surface area contributed by atoms with E-state index < -0.39 is 33.3 Å². The molecule has 0 spiro atoms. The van der Waals surface area contributed by atoms with Gasteiger partial charge in [-0.1, -0.05) is 11.8 Å². The van der Waals surface area contributed by atoms with Crippen LogP contribution in [0.3, 0.4) is 0 Å². The number of nitrogens with zero attached hydrogens (tertiary/aromatic N) is 1. The molecule has 8 nitrogen and oxygen atoms in total. The van der Waals surface area contributed by atoms with E-state index in [0.717, 1.165) is 0 Å². The fraction of sp³-hybridized carbons (Fsp3) is 0.429. The van der Waals surface area contributed by atoms with Crippen molar-refractivity contribution in [3.8, 4) is 23.7 Å². The molecule has 1 amide bonds. The predicted molar refractivity (Wildman–Crippen MR) is 111 cm³/mol. The van der Waals surface area contributed by atoms with Gasteiger partial charge in [0.15, 0.2) is 9.84 Å². The highest BCUT2D eigenvalue weighted by Gasteiger charge is 2.58. The van der Waals surface area contributed by atoms with Crippen molar-refractivity contribution in [2.24, 2.45) is 0 Å². The van der Waals surface area contributed by atoms with Crippen LogP contribution in [0.5, 0.6) is 0 Å². The van der Waals surface area contributed by atoms with E-state index in [1.807, 2.05) is 0 Å². The molecule has 1 aromatic carbocycles. The molecule has 1 aliphatic heterocycles. The second kappa shape index (κ2) is 9.77. The van der Waals surface area contributed by atoms with Gasteiger partial charge in [-0.25, -0.2) is 13.2 Å². The van der Waals surface area contributed by atoms with Crippen LogP contribution in [0.4, 0.5) is 0 Å². The molecule has 1 unspecified atom stereocenters. The minimum absolute atomic E-state index is 0.0217. The van der Waals surface area contributed by atoms with E-state index in [9.17, 15) is 18.0 Å². The minimum atomic E-state index is -3.28. The quantitative estimate of drug-likeness (QED) is 0.457. The SMILES string of the molecule is COC(=O)C(NC(=O)c1ccc(C#CC#CCCO)cc1)C1(N(C)C)CS(=O)(=O)C1. The Morgan fingerprint density at radius 1 is 1.23 bits per heavy atom. The number of aliphatic hydroxyl groups is 1. The zero-order valence-corrected chi connectivity index (χ0v) is 17.9. The Kier molecular flexibility index (Phi) is 7.63. The summed E-state index contributed by atoms with van der Waals surface area (Å²) in [6.45, 7) is -0.0217. The van der Waals surface area contributed by atoms with Gasteiger partial charge in [-0.3, -0.25) is 9.69 Å². The number of carbonyl (C=O) groups excluding carboxylic acids is 2. The number of ether oxygens (including phenoxy) is 1. The summed E-state index contributed by atoms with van der Waals surface area (Å²) in [4.78, 5) is 26.7. The van der Waals surface area contributed by atoms with Gasteiger partial charge in [0.25, 0.3) is 5.91 Å². The smallest absolute Gasteiger partial charge is 0.330 e. The molecule has 1 atom stereocenters. The van der Waals surface area contributed by atoms with Gasteiger partial charge >= 0.3 is 5.97 Å². The van der Waals surface area contributed by atoms with Crippen molar-refractivity contribution in [3.63, 3.8) is 0 Å². The van der Waals surface area contributed by atoms with Gasteiger partial charge in [-0.2, -0.15) is 0 Å². The lowest BCUT2D eigenvalue weighted by molar-refractivity contribution is -0.146. The maximum absolute atomic E-state index is 12.7. The first-order chi connectivity index (χ1) is 14.1. The third-order valence-electron chi connectivity index (χ3n) is 4.82. The lowest BCUT2D eigenvalue weighted by Crippen LogP contribution is -2.75. The van der Waals surface area contributed by atoms with Crippen molar-refractivity contribution in [1.82, 2.24) is 10.2 Å². The number of aliphatic hydroxyl groups excluding tert-OH is 1. The maximum Gasteiger partial charge on any atom is 0.330 e. The van der Waals surface area contributed by atoms with Gasteiger partial charge in [0.1, 0.15) is 6.04 Å². The molecule has 1 fully saturated rings. The molecule has 0 aromatic heterocycles. The molecule has 0 aliphatic carbocycles. The summed E-state index contributed by atoms with van der Waals surface area (Å²) in [6.07, 6.45) is 0.352. The number of esters is 1. The number of hydrogen-bond donors (Lipinski definition) is 2. The van der Waals surface area contributed by atoms with Crippen LogP contribution in [0.15, 0.2) is 24.3 Å². The van der Waals surface area contributed by atoms with Crippen molar-refractivity contribution in [1.29, 1.82) is 0 Å². The van der Waals surface area contributed by atoms with Gasteiger partial charge in [0, 0.05) is 17.5 Å². The number of nitrogens with one attached hydrogen (secondary N) is 1. The first-order valence-corrected chi connectivity index (χ1v) is 10.9. The van der Waals surface area contributed by atoms with Gasteiger partial charge in [-0.05, 0) is 50.2 Å². The van der Waals surface area contributed by atoms with Crippen LogP contribution in [0.1, 0.15) is 22.3 Å². The highest BCUT2D eigenvalue weighted by atomic mass is 32.2. The normalized spacial score (nSPS) is 16.7. The number of benzene rings is 1. The highest BCUT2D eigenvalue weighted by molar-refractivity contribution is 7.93. The summed E-state index contributed by atoms with van der Waals surface area (Å²) in [5.41, 5.74) is -0.138. The second-order valence-electron chi connectivity index (χ2n) is 7.06. The molecule has 1 saturated heterocycles. The van der Waals surface area contributed by atoms with Crippen LogP contribution in [0.25, 0.3) is 0 Å². The molecule has 2 rings (SSSR count). The van der Waals surface area contributed by atoms with Crippen LogP contribution in [0.2, 0.25) is 0 Å². The van der Waals surface area contributed by atoms with Crippen LogP contribution in [-0.2, 0) is 19.4 Å². The molecule has 9 heteroatoms. The van der Waals surface area contributed by atoms with Crippen LogP contribution in [0, 0.1) is 23.7 Å². The predicted octanol–water partition coefficient (Wildman–Crippen LogP) is -0.576. The number of rotatable bonds is 6. The Hall–Kier alpha value is -2.85. The first kappa shape index (κ1) is 23.4. The van der Waals surface area contributed by atoms with Crippen molar-refractivity contribution in [3.05, 3.63) is 35.4 Å². The monoisotopic (exact) mass is 432 g/mol. The molecule has 30 heavy (non-hydrogen) atoms. The average Bonchev–Trinajstić information content (AvgIpc) is 2.69. The van der Waals surface area contributed by atoms with Crippen molar-refractivity contribution in [2.45, 2.75) is 18.0 Å². The van der Waals surface area contributed by atoms with E-state index in [0.29, 0.717) is 12.0 Å². The van der Waals surface area contributed by atoms with Gasteiger partial charge in [-0.15, -0.1) is 0 Å². The zero-order chi connectivity index (χ0) is 22.4. The largest absolute Gasteiger partial charge is 0.467 e. The Bertz CT molecular complexity index is 1010. The average molecular weight is 432 g/mol. The third-order valence-corrected chi connectivity index (χ3v) is 6.70. The molecule has 160 valence electrons. The Morgan fingerprint density at radius 2 is 1.87 bits per heavy atom. The Labute approximate surface area is 176 Å². The second-order valence-corrected chi connectivity index (χ2v) is 9.13. The number of carbonyl (C=O) groups is 2. The third kappa shape index (κ3) is 5.39. The first-order valence-electron chi connectivity index (χ1n) is 9.11. The molecule has 0 saturated carbocycles. The molecule has 0 bridgehead atoms. The van der Waals surface area contributed by atoms with Crippen LogP contribution in [-0.4, -0.2) is 81.2 Å². The van der Waals surface area contributed by atoms with Crippen molar-refractivity contribution >= 4 is 21.7 Å². The van der Waals surface area contributed by atoms with Crippen LogP contribution >= 0.6 is 0 Å². The van der Waals surface area contributed by atoms with Crippen molar-refractivity contribution < 1.29 is 27.9 Å². The summed E-state index contributed by atoms with van der Waals surface area (Å²) < 4.78 is 28.5. The maximum atomic E-state index is 12.7. The summed E-state index contributed by atoms with van der Waals surface area (Å²) in [6, 6.07) is 5.23. The Morgan fingerprint density at radius 3 is 2.37 bits per heavy atom. The molecule has 1 aromatic rings. The Balaban J connectivity index is 2.19. The van der Waals surface area contributed by atoms with E-state index in [1.54, 1.807) is 43.3 Å². The summed E-state index contributed by atoms with van der Waals surface area (Å²) in [7, 11) is 1.23. The van der Waals surface area contributed by atoms with E-state index >= 15 is 0 Å². The number of methoxy groups -OCH3 is 1. The fourth-order valence-electron chi connectivity index (χ4n) is 3.12. The highest BCUT2D eigenvalue weighted by Crippen LogP contribution is 2.32. The zero-order valence-electron chi connectivity index (χ0n) is 17.1. The van der Waals surface area contributed by atoms with Crippen molar-refractivity contribution in [2.75, 3.05) is 39.3 Å². The van der Waals surface area contributed by atoms with E-state index in [-0.39, 0.29) is 23.7 Å². The van der Waals surface area contributed by atoms with E-state index in [1.165, 1.54) is 7.11 Å². The minimum Gasteiger partial charge on any atom is -0.467 e. The molecule has 1 heterocycles. The van der Waals surface area contributed by atoms with Crippen LogP contribution < -0.4 is 5.32 Å². The number of hydrogen-bond acceptors (Lipinski definition) is 7. The molecule has 1 aliphatic rings. The fourth-order valence-corrected chi connectivity index (χ4v) is 5.41. The molecule has 2 N–H and O–H groups in total. The lowest BCUT2D eigenvalue weighted by Gasteiger charge is -2.49. The van der Waals surface area contributed by atoms with Gasteiger partial charge < -0.3 is 15.2 Å². The number of amides is 1. The number of likely N-dealkylation sites (N-methyl/N-ethyl adjacent to an activating group) is 1. The molecular weight excluding hydrogens is 408 g/mol. The summed E-state index contributed by atoms with van der Waals surface area (Å²) in [5, 5.41) is 11.3. The lowest BCUT2D eigenvalue weighted by atomic mass is 9.91.